The molecule has 0 aromatic heterocycles. The van der Waals surface area contributed by atoms with E-state index in [1.807, 2.05) is 0 Å². The molecule has 0 heterocycles. The number of non-ortho nitro benzene ring substituents is 1. The molecule has 0 unspecified atom stereocenters. The van der Waals surface area contributed by atoms with Gasteiger partial charge in [0, 0.05) is 12.1 Å². The monoisotopic (exact) mass is 237 g/mol. The number of benzene rings is 1. The predicted octanol–water partition coefficient (Wildman–Crippen LogP) is 2.60. The van der Waals surface area contributed by atoms with Crippen LogP contribution in [0.2, 0.25) is 0 Å². The van der Waals surface area contributed by atoms with Crippen LogP contribution in [0.1, 0.15) is 11.7 Å². The summed E-state index contributed by atoms with van der Waals surface area (Å²) in [7, 11) is 1.19. The maximum atomic E-state index is 10.9. The van der Waals surface area contributed by atoms with Gasteiger partial charge >= 0.3 is 6.16 Å². The fourth-order valence-electron chi connectivity index (χ4n) is 1.19. The minimum absolute atomic E-state index is 0.0327. The van der Waals surface area contributed by atoms with E-state index < -0.39 is 17.2 Å². The fraction of sp³-hybridized carbons (Fsp3) is 0.182. The molecule has 0 aliphatic carbocycles. The van der Waals surface area contributed by atoms with E-state index in [1.165, 1.54) is 37.5 Å². The zero-order valence-electron chi connectivity index (χ0n) is 9.16. The summed E-state index contributed by atoms with van der Waals surface area (Å²) in [6.07, 6.45) is -0.130. The van der Waals surface area contributed by atoms with Crippen molar-refractivity contribution in [3.63, 3.8) is 0 Å². The van der Waals surface area contributed by atoms with E-state index in [1.54, 1.807) is 0 Å². The third-order valence-electron chi connectivity index (χ3n) is 2.04. The van der Waals surface area contributed by atoms with E-state index in [9.17, 15) is 14.9 Å². The van der Waals surface area contributed by atoms with Crippen molar-refractivity contribution in [2.75, 3.05) is 7.11 Å². The van der Waals surface area contributed by atoms with Gasteiger partial charge in [-0.25, -0.2) is 4.79 Å². The van der Waals surface area contributed by atoms with Crippen molar-refractivity contribution >= 4 is 11.8 Å². The Morgan fingerprint density at radius 3 is 2.47 bits per heavy atom. The van der Waals surface area contributed by atoms with E-state index in [-0.39, 0.29) is 5.69 Å². The molecule has 0 aliphatic rings. The van der Waals surface area contributed by atoms with Gasteiger partial charge in [-0.3, -0.25) is 10.1 Å². The first kappa shape index (κ1) is 12.7. The first-order chi connectivity index (χ1) is 8.08. The minimum Gasteiger partial charge on any atom is -0.438 e. The Hall–Kier alpha value is -2.37. The average Bonchev–Trinajstić information content (AvgIpc) is 2.35. The molecule has 17 heavy (non-hydrogen) atoms. The van der Waals surface area contributed by atoms with Crippen molar-refractivity contribution in [3.8, 4) is 0 Å². The average molecular weight is 237 g/mol. The van der Waals surface area contributed by atoms with Gasteiger partial charge in [0.25, 0.3) is 5.69 Å². The Balaban J connectivity index is 2.85. The van der Waals surface area contributed by atoms with Crippen LogP contribution >= 0.6 is 0 Å². The van der Waals surface area contributed by atoms with Crippen LogP contribution in [0, 0.1) is 10.1 Å². The lowest BCUT2D eigenvalue weighted by atomic mass is 10.1. The minimum atomic E-state index is -0.840. The van der Waals surface area contributed by atoms with Crippen LogP contribution in [-0.4, -0.2) is 18.2 Å². The Morgan fingerprint density at radius 1 is 1.47 bits per heavy atom. The van der Waals surface area contributed by atoms with Gasteiger partial charge in [-0.2, -0.15) is 0 Å². The number of carbonyl (C=O) groups excluding carboxylic acids is 1. The van der Waals surface area contributed by atoms with E-state index >= 15 is 0 Å². The summed E-state index contributed by atoms with van der Waals surface area (Å²) in [5.41, 5.74) is 0.547. The van der Waals surface area contributed by atoms with Crippen LogP contribution in [0.5, 0.6) is 0 Å². The molecule has 6 heteroatoms. The summed E-state index contributed by atoms with van der Waals surface area (Å²) in [6.45, 7) is 3.52. The van der Waals surface area contributed by atoms with Crippen LogP contribution in [-0.2, 0) is 9.47 Å². The van der Waals surface area contributed by atoms with Crippen LogP contribution in [0.25, 0.3) is 0 Å². The highest BCUT2D eigenvalue weighted by Crippen LogP contribution is 2.21. The lowest BCUT2D eigenvalue weighted by molar-refractivity contribution is -0.384. The maximum absolute atomic E-state index is 10.9. The molecule has 0 N–H and O–H groups in total. The van der Waals surface area contributed by atoms with Crippen LogP contribution < -0.4 is 0 Å². The standard InChI is InChI=1S/C11H11NO5/c1-3-10(17-11(13)16-2)8-4-6-9(7-5-8)12(14)15/h3-7,10H,1H2,2H3/t10-/m0/s1. The summed E-state index contributed by atoms with van der Waals surface area (Å²) in [5, 5.41) is 10.5. The number of methoxy groups -OCH3 is 1. The highest BCUT2D eigenvalue weighted by atomic mass is 16.7. The highest BCUT2D eigenvalue weighted by Gasteiger charge is 2.14. The molecule has 1 aromatic rings. The van der Waals surface area contributed by atoms with Gasteiger partial charge in [-0.05, 0) is 23.8 Å². The number of rotatable bonds is 4. The van der Waals surface area contributed by atoms with Crippen LogP contribution in [0.3, 0.4) is 0 Å². The number of carbonyl (C=O) groups is 1. The third-order valence-corrected chi connectivity index (χ3v) is 2.04. The number of nitrogens with zero attached hydrogens (tertiary/aromatic N) is 1. The molecule has 6 nitrogen and oxygen atoms in total. The number of hydrogen-bond acceptors (Lipinski definition) is 5. The topological polar surface area (TPSA) is 78.7 Å². The second kappa shape index (κ2) is 5.64. The van der Waals surface area contributed by atoms with Gasteiger partial charge in [0.2, 0.25) is 0 Å². The Kier molecular flexibility index (Phi) is 4.21. The summed E-state index contributed by atoms with van der Waals surface area (Å²) in [5.74, 6) is 0. The molecule has 1 rings (SSSR count). The first-order valence-electron chi connectivity index (χ1n) is 4.70. The van der Waals surface area contributed by atoms with Gasteiger partial charge in [0.15, 0.2) is 0 Å². The number of ether oxygens (including phenoxy) is 2. The Bertz CT molecular complexity index is 426. The molecule has 0 aliphatic heterocycles. The zero-order chi connectivity index (χ0) is 12.8. The largest absolute Gasteiger partial charge is 0.508 e. The predicted molar refractivity (Wildman–Crippen MR) is 59.5 cm³/mol. The van der Waals surface area contributed by atoms with Crippen molar-refractivity contribution in [2.45, 2.75) is 6.10 Å². The van der Waals surface area contributed by atoms with Crippen LogP contribution in [0.4, 0.5) is 10.5 Å². The van der Waals surface area contributed by atoms with Crippen molar-refractivity contribution in [1.29, 1.82) is 0 Å². The maximum Gasteiger partial charge on any atom is 0.508 e. The zero-order valence-corrected chi connectivity index (χ0v) is 9.16. The van der Waals surface area contributed by atoms with Gasteiger partial charge in [-0.1, -0.05) is 6.58 Å². The lowest BCUT2D eigenvalue weighted by Crippen LogP contribution is -2.09. The molecule has 0 amide bonds. The van der Waals surface area contributed by atoms with Gasteiger partial charge in [-0.15, -0.1) is 0 Å². The molecule has 90 valence electrons. The van der Waals surface area contributed by atoms with Gasteiger partial charge < -0.3 is 9.47 Å². The summed E-state index contributed by atoms with van der Waals surface area (Å²) in [4.78, 5) is 20.9. The smallest absolute Gasteiger partial charge is 0.438 e. The highest BCUT2D eigenvalue weighted by molar-refractivity contribution is 5.60. The Labute approximate surface area is 97.6 Å². The molecule has 0 fully saturated rings. The summed E-state index contributed by atoms with van der Waals surface area (Å²) in [6, 6.07) is 5.64. The summed E-state index contributed by atoms with van der Waals surface area (Å²) >= 11 is 0. The number of nitro groups is 1. The number of nitro benzene ring substituents is 1. The molecule has 1 atom stereocenters. The molecule has 0 spiro atoms. The third kappa shape index (κ3) is 3.30. The van der Waals surface area contributed by atoms with Crippen molar-refractivity contribution < 1.29 is 19.2 Å². The summed E-state index contributed by atoms with van der Waals surface area (Å²) < 4.78 is 9.23. The van der Waals surface area contributed by atoms with Gasteiger partial charge in [0.05, 0.1) is 12.0 Å². The molecular formula is C11H11NO5. The second-order valence-corrected chi connectivity index (χ2v) is 3.08. The quantitative estimate of drug-likeness (QED) is 0.348. The van der Waals surface area contributed by atoms with Gasteiger partial charge in [0.1, 0.15) is 6.10 Å². The van der Waals surface area contributed by atoms with E-state index in [2.05, 4.69) is 11.3 Å². The molecule has 0 radical (unpaired) electrons. The molecule has 0 saturated carbocycles. The normalized spacial score (nSPS) is 11.4. The first-order valence-corrected chi connectivity index (χ1v) is 4.70. The molecule has 0 saturated heterocycles. The second-order valence-electron chi connectivity index (χ2n) is 3.08. The van der Waals surface area contributed by atoms with E-state index in [0.717, 1.165) is 0 Å². The van der Waals surface area contributed by atoms with Crippen LogP contribution in [0.15, 0.2) is 36.9 Å². The number of hydrogen-bond donors (Lipinski definition) is 0. The van der Waals surface area contributed by atoms with Crippen molar-refractivity contribution in [2.24, 2.45) is 0 Å². The van der Waals surface area contributed by atoms with Crippen molar-refractivity contribution in [3.05, 3.63) is 52.6 Å². The fourth-order valence-corrected chi connectivity index (χ4v) is 1.19. The van der Waals surface area contributed by atoms with E-state index in [0.29, 0.717) is 5.56 Å². The lowest BCUT2D eigenvalue weighted by Gasteiger charge is -2.12. The van der Waals surface area contributed by atoms with Crippen molar-refractivity contribution in [1.82, 2.24) is 0 Å². The SMILES string of the molecule is C=C[C@H](OC(=O)OC)c1ccc([N+](=O)[O-])cc1. The van der Waals surface area contributed by atoms with E-state index in [4.69, 9.17) is 4.74 Å². The molecule has 0 bridgehead atoms. The molecular weight excluding hydrogens is 226 g/mol. The molecule has 1 aromatic carbocycles. The Morgan fingerprint density at radius 2 is 2.06 bits per heavy atom.